The third-order valence-electron chi connectivity index (χ3n) is 3.01. The first-order valence-electron chi connectivity index (χ1n) is 6.88. The van der Waals surface area contributed by atoms with Gasteiger partial charge < -0.3 is 10.1 Å². The van der Waals surface area contributed by atoms with Crippen LogP contribution >= 0.6 is 0 Å². The highest BCUT2D eigenvalue weighted by Gasteiger charge is 2.01. The van der Waals surface area contributed by atoms with Crippen molar-refractivity contribution < 1.29 is 4.74 Å². The fourth-order valence-electron chi connectivity index (χ4n) is 2.06. The maximum Gasteiger partial charge on any atom is 0.180 e. The van der Waals surface area contributed by atoms with Gasteiger partial charge in [0.1, 0.15) is 17.1 Å². The van der Waals surface area contributed by atoms with E-state index in [2.05, 4.69) is 26.3 Å². The molecule has 0 bridgehead atoms. The number of benzene rings is 1. The number of aromatic nitrogens is 3. The van der Waals surface area contributed by atoms with Gasteiger partial charge in [-0.05, 0) is 36.8 Å². The first-order chi connectivity index (χ1) is 10.3. The van der Waals surface area contributed by atoms with Crippen LogP contribution in [-0.4, -0.2) is 21.6 Å². The van der Waals surface area contributed by atoms with Gasteiger partial charge in [0.05, 0.1) is 6.61 Å². The van der Waals surface area contributed by atoms with Gasteiger partial charge in [-0.15, -0.1) is 0 Å². The monoisotopic (exact) mass is 280 g/mol. The molecule has 0 aliphatic carbocycles. The molecular formula is C16H16N4O. The molecule has 0 fully saturated rings. The Morgan fingerprint density at radius 1 is 1.10 bits per heavy atom. The van der Waals surface area contributed by atoms with Gasteiger partial charge in [0.15, 0.2) is 5.65 Å². The summed E-state index contributed by atoms with van der Waals surface area (Å²) >= 11 is 0. The molecule has 0 aliphatic rings. The van der Waals surface area contributed by atoms with Gasteiger partial charge in [-0.2, -0.15) is 0 Å². The number of fused-ring (bicyclic) bond motifs is 1. The van der Waals surface area contributed by atoms with Crippen LogP contribution < -0.4 is 10.1 Å². The number of hydrogen-bond donors (Lipinski definition) is 1. The Hall–Kier alpha value is -2.69. The van der Waals surface area contributed by atoms with Gasteiger partial charge in [0, 0.05) is 18.9 Å². The summed E-state index contributed by atoms with van der Waals surface area (Å²) in [5.41, 5.74) is 2.58. The van der Waals surface area contributed by atoms with Crippen molar-refractivity contribution in [3.8, 4) is 5.75 Å². The maximum absolute atomic E-state index is 5.49. The van der Waals surface area contributed by atoms with Gasteiger partial charge in [0.2, 0.25) is 0 Å². The standard InChI is InChI=1S/C16H16N4O/c1-2-21-13-5-3-4-12(10-13)11-19-15-7-6-14-16(20-15)18-9-8-17-14/h3-10H,2,11H2,1H3,(H,18,19,20). The maximum atomic E-state index is 5.49. The number of hydrogen-bond acceptors (Lipinski definition) is 5. The van der Waals surface area contributed by atoms with Crippen molar-refractivity contribution in [2.45, 2.75) is 13.5 Å². The lowest BCUT2D eigenvalue weighted by Gasteiger charge is -2.08. The van der Waals surface area contributed by atoms with Gasteiger partial charge in [0.25, 0.3) is 0 Å². The van der Waals surface area contributed by atoms with Crippen LogP contribution in [0.5, 0.6) is 5.75 Å². The average molecular weight is 280 g/mol. The highest BCUT2D eigenvalue weighted by atomic mass is 16.5. The number of nitrogens with one attached hydrogen (secondary N) is 1. The predicted molar refractivity (Wildman–Crippen MR) is 82.3 cm³/mol. The zero-order chi connectivity index (χ0) is 14.5. The van der Waals surface area contributed by atoms with Crippen LogP contribution in [0.1, 0.15) is 12.5 Å². The van der Waals surface area contributed by atoms with Crippen LogP contribution in [0.3, 0.4) is 0 Å². The molecule has 5 heteroatoms. The van der Waals surface area contributed by atoms with Gasteiger partial charge in [-0.3, -0.25) is 4.98 Å². The van der Waals surface area contributed by atoms with Crippen molar-refractivity contribution in [2.75, 3.05) is 11.9 Å². The molecule has 5 nitrogen and oxygen atoms in total. The van der Waals surface area contributed by atoms with Crippen molar-refractivity contribution >= 4 is 17.0 Å². The third kappa shape index (κ3) is 3.25. The number of rotatable bonds is 5. The normalized spacial score (nSPS) is 10.5. The van der Waals surface area contributed by atoms with Crippen LogP contribution in [0.15, 0.2) is 48.8 Å². The molecule has 0 unspecified atom stereocenters. The van der Waals surface area contributed by atoms with Crippen molar-refractivity contribution in [1.82, 2.24) is 15.0 Å². The molecule has 106 valence electrons. The van der Waals surface area contributed by atoms with E-state index in [9.17, 15) is 0 Å². The van der Waals surface area contributed by atoms with Crippen LogP contribution in [0.2, 0.25) is 0 Å². The summed E-state index contributed by atoms with van der Waals surface area (Å²) in [7, 11) is 0. The third-order valence-corrected chi connectivity index (χ3v) is 3.01. The lowest BCUT2D eigenvalue weighted by atomic mass is 10.2. The van der Waals surface area contributed by atoms with E-state index in [1.165, 1.54) is 0 Å². The molecule has 1 N–H and O–H groups in total. The van der Waals surface area contributed by atoms with E-state index in [0.717, 1.165) is 22.6 Å². The van der Waals surface area contributed by atoms with E-state index in [-0.39, 0.29) is 0 Å². The van der Waals surface area contributed by atoms with Crippen LogP contribution in [0.25, 0.3) is 11.2 Å². The van der Waals surface area contributed by atoms with Crippen molar-refractivity contribution in [2.24, 2.45) is 0 Å². The Morgan fingerprint density at radius 3 is 2.90 bits per heavy atom. The molecule has 2 heterocycles. The molecular weight excluding hydrogens is 264 g/mol. The van der Waals surface area contributed by atoms with E-state index in [0.29, 0.717) is 18.8 Å². The van der Waals surface area contributed by atoms with Gasteiger partial charge >= 0.3 is 0 Å². The second-order valence-corrected chi connectivity index (χ2v) is 4.53. The summed E-state index contributed by atoms with van der Waals surface area (Å²) in [5.74, 6) is 1.67. The molecule has 0 spiro atoms. The van der Waals surface area contributed by atoms with Crippen LogP contribution in [0, 0.1) is 0 Å². The summed E-state index contributed by atoms with van der Waals surface area (Å²) in [5, 5.41) is 3.29. The highest BCUT2D eigenvalue weighted by Crippen LogP contribution is 2.15. The molecule has 2 aromatic heterocycles. The van der Waals surface area contributed by atoms with Crippen molar-refractivity contribution in [3.63, 3.8) is 0 Å². The molecule has 0 amide bonds. The Labute approximate surface area is 123 Å². The summed E-state index contributed by atoms with van der Waals surface area (Å²) < 4.78 is 5.49. The minimum absolute atomic E-state index is 0.644. The molecule has 3 rings (SSSR count). The lowest BCUT2D eigenvalue weighted by molar-refractivity contribution is 0.340. The van der Waals surface area contributed by atoms with E-state index in [4.69, 9.17) is 4.74 Å². The molecule has 0 radical (unpaired) electrons. The minimum atomic E-state index is 0.644. The summed E-state index contributed by atoms with van der Waals surface area (Å²) in [6.07, 6.45) is 3.31. The zero-order valence-corrected chi connectivity index (χ0v) is 11.8. The van der Waals surface area contributed by atoms with E-state index in [1.54, 1.807) is 12.4 Å². The predicted octanol–water partition coefficient (Wildman–Crippen LogP) is 3.04. The first-order valence-corrected chi connectivity index (χ1v) is 6.88. The molecule has 0 atom stereocenters. The Balaban J connectivity index is 1.72. The smallest absolute Gasteiger partial charge is 0.180 e. The second kappa shape index (κ2) is 6.17. The fraction of sp³-hybridized carbons (Fsp3) is 0.188. The first kappa shape index (κ1) is 13.3. The molecule has 0 saturated carbocycles. The topological polar surface area (TPSA) is 59.9 Å². The number of pyridine rings is 1. The Morgan fingerprint density at radius 2 is 2.00 bits per heavy atom. The quantitative estimate of drug-likeness (QED) is 0.778. The number of ether oxygens (including phenoxy) is 1. The fourth-order valence-corrected chi connectivity index (χ4v) is 2.06. The SMILES string of the molecule is CCOc1cccc(CNc2ccc3nccnc3n2)c1. The van der Waals surface area contributed by atoms with E-state index >= 15 is 0 Å². The summed E-state index contributed by atoms with van der Waals surface area (Å²) in [6.45, 7) is 3.33. The minimum Gasteiger partial charge on any atom is -0.494 e. The molecule has 0 aliphatic heterocycles. The summed E-state index contributed by atoms with van der Waals surface area (Å²) in [4.78, 5) is 12.8. The molecule has 1 aromatic carbocycles. The number of nitrogens with zero attached hydrogens (tertiary/aromatic N) is 3. The van der Waals surface area contributed by atoms with Gasteiger partial charge in [-0.1, -0.05) is 12.1 Å². The number of anilines is 1. The average Bonchev–Trinajstić information content (AvgIpc) is 2.53. The van der Waals surface area contributed by atoms with E-state index < -0.39 is 0 Å². The van der Waals surface area contributed by atoms with Gasteiger partial charge in [-0.25, -0.2) is 9.97 Å². The Bertz CT molecular complexity index is 745. The lowest BCUT2D eigenvalue weighted by Crippen LogP contribution is -2.02. The molecule has 3 aromatic rings. The van der Waals surface area contributed by atoms with Crippen molar-refractivity contribution in [3.05, 3.63) is 54.4 Å². The summed E-state index contributed by atoms with van der Waals surface area (Å²) in [6, 6.07) is 11.8. The van der Waals surface area contributed by atoms with Crippen LogP contribution in [0.4, 0.5) is 5.82 Å². The second-order valence-electron chi connectivity index (χ2n) is 4.53. The van der Waals surface area contributed by atoms with Crippen molar-refractivity contribution in [1.29, 1.82) is 0 Å². The zero-order valence-electron chi connectivity index (χ0n) is 11.8. The van der Waals surface area contributed by atoms with Crippen LogP contribution in [-0.2, 0) is 6.54 Å². The molecule has 21 heavy (non-hydrogen) atoms. The van der Waals surface area contributed by atoms with E-state index in [1.807, 2.05) is 37.3 Å². The largest absolute Gasteiger partial charge is 0.494 e. The Kier molecular flexibility index (Phi) is 3.91. The molecule has 0 saturated heterocycles. The highest BCUT2D eigenvalue weighted by molar-refractivity contribution is 5.71.